The third kappa shape index (κ3) is 4.24. The fraction of sp³-hybridized carbons (Fsp3) is 0.350. The number of nitrogens with one attached hydrogen (secondary N) is 1. The molecule has 0 saturated heterocycles. The number of para-hydroxylation sites is 1. The Morgan fingerprint density at radius 2 is 2.07 bits per heavy atom. The number of anilines is 1. The molecule has 0 saturated carbocycles. The first-order valence-corrected chi connectivity index (χ1v) is 9.99. The van der Waals surface area contributed by atoms with Crippen LogP contribution in [0.25, 0.3) is 11.6 Å². The molecule has 1 N–H and O–H groups in total. The van der Waals surface area contributed by atoms with Gasteiger partial charge in [-0.15, -0.1) is 10.2 Å². The van der Waals surface area contributed by atoms with Gasteiger partial charge in [0.1, 0.15) is 0 Å². The standard InChI is InChI=1S/C20H24N4O2S/c1-5-24-19(16-10-7-11-26-16)22-23-20(24)27-12-17(25)21-18-14(4)8-6-9-15(18)13(2)3/h6-11,13H,5,12H2,1-4H3,(H,21,25). The van der Waals surface area contributed by atoms with Crippen molar-refractivity contribution in [1.29, 1.82) is 0 Å². The summed E-state index contributed by atoms with van der Waals surface area (Å²) < 4.78 is 7.37. The van der Waals surface area contributed by atoms with Crippen LogP contribution in [0.15, 0.2) is 46.2 Å². The molecule has 1 aromatic carbocycles. The highest BCUT2D eigenvalue weighted by atomic mass is 32.2. The second kappa shape index (κ2) is 8.43. The van der Waals surface area contributed by atoms with E-state index in [-0.39, 0.29) is 11.7 Å². The molecule has 27 heavy (non-hydrogen) atoms. The topological polar surface area (TPSA) is 73.0 Å². The Hall–Kier alpha value is -2.54. The summed E-state index contributed by atoms with van der Waals surface area (Å²) in [6.07, 6.45) is 1.61. The van der Waals surface area contributed by atoms with Gasteiger partial charge in [-0.25, -0.2) is 0 Å². The minimum atomic E-state index is -0.0543. The van der Waals surface area contributed by atoms with Gasteiger partial charge in [-0.3, -0.25) is 9.36 Å². The second-order valence-corrected chi connectivity index (χ2v) is 7.50. The Balaban J connectivity index is 1.71. The molecule has 142 valence electrons. The maximum absolute atomic E-state index is 12.5. The summed E-state index contributed by atoms with van der Waals surface area (Å²) in [5.41, 5.74) is 3.12. The summed E-state index contributed by atoms with van der Waals surface area (Å²) in [7, 11) is 0. The number of rotatable bonds is 7. The van der Waals surface area contributed by atoms with Gasteiger partial charge in [-0.05, 0) is 43.0 Å². The summed E-state index contributed by atoms with van der Waals surface area (Å²) in [4.78, 5) is 12.5. The summed E-state index contributed by atoms with van der Waals surface area (Å²) in [5.74, 6) is 1.89. The van der Waals surface area contributed by atoms with Gasteiger partial charge in [0.05, 0.1) is 12.0 Å². The third-order valence-electron chi connectivity index (χ3n) is 4.30. The van der Waals surface area contributed by atoms with Crippen molar-refractivity contribution in [3.8, 4) is 11.6 Å². The lowest BCUT2D eigenvalue weighted by molar-refractivity contribution is -0.113. The van der Waals surface area contributed by atoms with E-state index < -0.39 is 0 Å². The smallest absolute Gasteiger partial charge is 0.234 e. The molecule has 0 fully saturated rings. The van der Waals surface area contributed by atoms with Crippen LogP contribution in [0.2, 0.25) is 0 Å². The van der Waals surface area contributed by atoms with E-state index >= 15 is 0 Å². The third-order valence-corrected chi connectivity index (χ3v) is 5.27. The summed E-state index contributed by atoms with van der Waals surface area (Å²) >= 11 is 1.37. The molecule has 7 heteroatoms. The zero-order valence-corrected chi connectivity index (χ0v) is 16.8. The molecule has 2 heterocycles. The number of hydrogen-bond acceptors (Lipinski definition) is 5. The molecule has 0 atom stereocenters. The van der Waals surface area contributed by atoms with E-state index in [9.17, 15) is 4.79 Å². The van der Waals surface area contributed by atoms with E-state index in [2.05, 4.69) is 35.4 Å². The molecule has 0 aliphatic heterocycles. The highest BCUT2D eigenvalue weighted by Gasteiger charge is 2.17. The monoisotopic (exact) mass is 384 g/mol. The van der Waals surface area contributed by atoms with Crippen molar-refractivity contribution in [1.82, 2.24) is 14.8 Å². The first-order valence-electron chi connectivity index (χ1n) is 9.00. The minimum Gasteiger partial charge on any atom is -0.461 e. The summed E-state index contributed by atoms with van der Waals surface area (Å²) in [6, 6.07) is 9.76. The number of nitrogens with zero attached hydrogens (tertiary/aromatic N) is 3. The lowest BCUT2D eigenvalue weighted by atomic mass is 9.98. The number of aryl methyl sites for hydroxylation is 1. The Morgan fingerprint density at radius 1 is 1.26 bits per heavy atom. The average Bonchev–Trinajstić information content (AvgIpc) is 3.30. The van der Waals surface area contributed by atoms with Crippen molar-refractivity contribution in [3.05, 3.63) is 47.7 Å². The molecule has 0 unspecified atom stereocenters. The van der Waals surface area contributed by atoms with Crippen LogP contribution < -0.4 is 5.32 Å². The minimum absolute atomic E-state index is 0.0543. The van der Waals surface area contributed by atoms with Gasteiger partial charge in [-0.2, -0.15) is 0 Å². The Bertz CT molecular complexity index is 916. The number of furan rings is 1. The number of amides is 1. The van der Waals surface area contributed by atoms with Crippen LogP contribution in [0.3, 0.4) is 0 Å². The Morgan fingerprint density at radius 3 is 2.74 bits per heavy atom. The number of benzene rings is 1. The van der Waals surface area contributed by atoms with Crippen LogP contribution in [0.5, 0.6) is 0 Å². The largest absolute Gasteiger partial charge is 0.461 e. The van der Waals surface area contributed by atoms with Gasteiger partial charge in [0.25, 0.3) is 0 Å². The maximum atomic E-state index is 12.5. The molecule has 3 aromatic rings. The van der Waals surface area contributed by atoms with E-state index in [1.54, 1.807) is 6.26 Å². The van der Waals surface area contributed by atoms with Crippen LogP contribution >= 0.6 is 11.8 Å². The van der Waals surface area contributed by atoms with Crippen molar-refractivity contribution < 1.29 is 9.21 Å². The zero-order chi connectivity index (χ0) is 19.4. The van der Waals surface area contributed by atoms with Gasteiger partial charge < -0.3 is 9.73 Å². The molecule has 0 spiro atoms. The molecule has 3 rings (SSSR count). The van der Waals surface area contributed by atoms with Crippen molar-refractivity contribution in [2.24, 2.45) is 0 Å². The fourth-order valence-electron chi connectivity index (χ4n) is 2.92. The van der Waals surface area contributed by atoms with Gasteiger partial charge in [-0.1, -0.05) is 43.8 Å². The maximum Gasteiger partial charge on any atom is 0.234 e. The van der Waals surface area contributed by atoms with E-state index in [4.69, 9.17) is 4.42 Å². The SMILES string of the molecule is CCn1c(SCC(=O)Nc2c(C)cccc2C(C)C)nnc1-c1ccco1. The van der Waals surface area contributed by atoms with Crippen LogP contribution in [-0.2, 0) is 11.3 Å². The molecule has 0 aliphatic rings. The van der Waals surface area contributed by atoms with Gasteiger partial charge in [0, 0.05) is 12.2 Å². The molecular weight excluding hydrogens is 360 g/mol. The number of carbonyl (C=O) groups is 1. The van der Waals surface area contributed by atoms with E-state index in [1.165, 1.54) is 11.8 Å². The Kier molecular flexibility index (Phi) is 6.01. The number of thioether (sulfide) groups is 1. The number of carbonyl (C=O) groups excluding carboxylic acids is 1. The number of hydrogen-bond donors (Lipinski definition) is 1. The predicted octanol–water partition coefficient (Wildman–Crippen LogP) is 4.72. The number of aromatic nitrogens is 3. The molecule has 0 aliphatic carbocycles. The van der Waals surface area contributed by atoms with Crippen molar-refractivity contribution in [2.45, 2.75) is 45.3 Å². The van der Waals surface area contributed by atoms with Crippen LogP contribution in [-0.4, -0.2) is 26.4 Å². The summed E-state index contributed by atoms with van der Waals surface area (Å²) in [6.45, 7) is 8.97. The van der Waals surface area contributed by atoms with Crippen LogP contribution in [0.4, 0.5) is 5.69 Å². The average molecular weight is 385 g/mol. The van der Waals surface area contributed by atoms with Crippen LogP contribution in [0.1, 0.15) is 37.8 Å². The predicted molar refractivity (Wildman–Crippen MR) is 108 cm³/mol. The van der Waals surface area contributed by atoms with Crippen molar-refractivity contribution in [2.75, 3.05) is 11.1 Å². The molecule has 1 amide bonds. The normalized spacial score (nSPS) is 11.1. The molecular formula is C20H24N4O2S. The first-order chi connectivity index (χ1) is 13.0. The van der Waals surface area contributed by atoms with E-state index in [0.717, 1.165) is 16.8 Å². The molecule has 0 radical (unpaired) electrons. The van der Waals surface area contributed by atoms with Crippen molar-refractivity contribution >= 4 is 23.4 Å². The summed E-state index contributed by atoms with van der Waals surface area (Å²) in [5, 5.41) is 12.2. The van der Waals surface area contributed by atoms with Crippen LogP contribution in [0, 0.1) is 6.92 Å². The Labute approximate surface area is 163 Å². The molecule has 6 nitrogen and oxygen atoms in total. The highest BCUT2D eigenvalue weighted by molar-refractivity contribution is 7.99. The van der Waals surface area contributed by atoms with Crippen molar-refractivity contribution in [3.63, 3.8) is 0 Å². The van der Waals surface area contributed by atoms with E-state index in [0.29, 0.717) is 29.2 Å². The van der Waals surface area contributed by atoms with Gasteiger partial charge in [0.15, 0.2) is 16.7 Å². The van der Waals surface area contributed by atoms with E-state index in [1.807, 2.05) is 42.7 Å². The lowest BCUT2D eigenvalue weighted by Crippen LogP contribution is -2.17. The zero-order valence-electron chi connectivity index (χ0n) is 16.0. The lowest BCUT2D eigenvalue weighted by Gasteiger charge is -2.16. The second-order valence-electron chi connectivity index (χ2n) is 6.56. The van der Waals surface area contributed by atoms with Gasteiger partial charge >= 0.3 is 0 Å². The first kappa shape index (κ1) is 19.2. The molecule has 2 aromatic heterocycles. The van der Waals surface area contributed by atoms with Gasteiger partial charge in [0.2, 0.25) is 5.91 Å². The molecule has 0 bridgehead atoms. The highest BCUT2D eigenvalue weighted by Crippen LogP contribution is 2.28. The fourth-order valence-corrected chi connectivity index (χ4v) is 3.72. The quantitative estimate of drug-likeness (QED) is 0.597.